The van der Waals surface area contributed by atoms with E-state index in [9.17, 15) is 18.0 Å². The second-order valence-electron chi connectivity index (χ2n) is 8.28. The number of piperidine rings is 1. The van der Waals surface area contributed by atoms with Gasteiger partial charge in [-0.05, 0) is 57.4 Å². The Kier molecular flexibility index (Phi) is 6.45. The molecule has 170 valence electrons. The van der Waals surface area contributed by atoms with Gasteiger partial charge in [-0.15, -0.1) is 0 Å². The molecule has 0 spiro atoms. The maximum absolute atomic E-state index is 13.9. The number of hydrogen-bond donors (Lipinski definition) is 0. The highest BCUT2D eigenvalue weighted by Crippen LogP contribution is 2.25. The smallest absolute Gasteiger partial charge is 0.280 e. The number of alkyl halides is 1. The lowest BCUT2D eigenvalue weighted by Gasteiger charge is -2.36. The Morgan fingerprint density at radius 3 is 2.78 bits per heavy atom. The lowest BCUT2D eigenvalue weighted by molar-refractivity contribution is 0.107. The highest BCUT2D eigenvalue weighted by Gasteiger charge is 2.25. The lowest BCUT2D eigenvalue weighted by atomic mass is 9.96. The summed E-state index contributed by atoms with van der Waals surface area (Å²) in [6, 6.07) is 5.88. The van der Waals surface area contributed by atoms with Gasteiger partial charge >= 0.3 is 0 Å². The van der Waals surface area contributed by atoms with Crippen LogP contribution in [0.15, 0.2) is 35.1 Å². The molecule has 0 saturated carbocycles. The molecule has 3 heterocycles. The van der Waals surface area contributed by atoms with Gasteiger partial charge < -0.3 is 4.74 Å². The number of likely N-dealkylation sites (tertiary alicyclic amines) is 1. The fourth-order valence-electron chi connectivity index (χ4n) is 4.14. The Morgan fingerprint density at radius 1 is 1.22 bits per heavy atom. The minimum absolute atomic E-state index is 0.0120. The zero-order valence-corrected chi connectivity index (χ0v) is 18.0. The minimum Gasteiger partial charge on any atom is -0.436 e. The van der Waals surface area contributed by atoms with E-state index in [1.54, 1.807) is 17.6 Å². The molecule has 0 bridgehead atoms. The molecule has 1 aliphatic rings. The molecule has 3 aromatic rings. The molecular weight excluding hydrogens is 420 g/mol. The van der Waals surface area contributed by atoms with Crippen molar-refractivity contribution in [1.82, 2.24) is 19.4 Å². The van der Waals surface area contributed by atoms with E-state index in [0.29, 0.717) is 24.0 Å². The Balaban J connectivity index is 1.62. The largest absolute Gasteiger partial charge is 0.436 e. The van der Waals surface area contributed by atoms with Gasteiger partial charge in [0.1, 0.15) is 18.3 Å². The number of nitrogens with zero attached hydrogens (tertiary/aromatic N) is 4. The fourth-order valence-corrected chi connectivity index (χ4v) is 4.14. The van der Waals surface area contributed by atoms with Crippen LogP contribution in [0.25, 0.3) is 11.0 Å². The van der Waals surface area contributed by atoms with Crippen molar-refractivity contribution in [3.05, 3.63) is 58.1 Å². The standard InChI is InChI=1S/C23H25F3N4O2/c1-14(11-24)29-9-3-4-16(12-29)13-30-15(2)27-19-6-8-21(28-22(19)23(30)31)32-20-7-5-17(25)10-18(20)26/h5-8,10,14,16H,3-4,9,11-13H2,1-2H3/t14?,16-/m0/s1/i24-1. The molecule has 0 amide bonds. The van der Waals surface area contributed by atoms with E-state index in [1.165, 1.54) is 6.07 Å². The van der Waals surface area contributed by atoms with Crippen LogP contribution < -0.4 is 10.3 Å². The van der Waals surface area contributed by atoms with Crippen LogP contribution in [0.5, 0.6) is 11.6 Å². The molecule has 0 radical (unpaired) electrons. The van der Waals surface area contributed by atoms with Gasteiger partial charge in [-0.2, -0.15) is 0 Å². The molecule has 1 fully saturated rings. The number of aromatic nitrogens is 3. The number of halogens is 3. The van der Waals surface area contributed by atoms with Crippen molar-refractivity contribution < 1.29 is 17.9 Å². The summed E-state index contributed by atoms with van der Waals surface area (Å²) < 4.78 is 47.2. The van der Waals surface area contributed by atoms with E-state index in [0.717, 1.165) is 38.1 Å². The Hall–Kier alpha value is -2.94. The van der Waals surface area contributed by atoms with Crippen molar-refractivity contribution >= 4 is 11.0 Å². The Morgan fingerprint density at radius 2 is 2.03 bits per heavy atom. The first-order valence-electron chi connectivity index (χ1n) is 10.7. The van der Waals surface area contributed by atoms with Gasteiger partial charge in [0.15, 0.2) is 17.1 Å². The summed E-state index contributed by atoms with van der Waals surface area (Å²) in [7, 11) is 0. The third kappa shape index (κ3) is 4.62. The second kappa shape index (κ2) is 9.28. The van der Waals surface area contributed by atoms with Gasteiger partial charge in [-0.3, -0.25) is 14.3 Å². The first-order chi connectivity index (χ1) is 15.4. The van der Waals surface area contributed by atoms with Gasteiger partial charge in [0.25, 0.3) is 5.56 Å². The summed E-state index contributed by atoms with van der Waals surface area (Å²) in [5.41, 5.74) is 0.209. The molecule has 4 rings (SSSR count). The first-order valence-corrected chi connectivity index (χ1v) is 10.7. The number of aryl methyl sites for hydroxylation is 1. The van der Waals surface area contributed by atoms with Gasteiger partial charge in [0.2, 0.25) is 5.88 Å². The Bertz CT molecular complexity index is 1180. The highest BCUT2D eigenvalue weighted by molar-refractivity contribution is 5.73. The summed E-state index contributed by atoms with van der Waals surface area (Å²) in [4.78, 5) is 24.1. The van der Waals surface area contributed by atoms with E-state index in [1.807, 2.05) is 6.92 Å². The molecule has 1 aliphatic heterocycles. The normalized spacial score (nSPS) is 18.1. The summed E-state index contributed by atoms with van der Waals surface area (Å²) in [6.07, 6.45) is 1.89. The summed E-state index contributed by atoms with van der Waals surface area (Å²) in [5.74, 6) is -0.998. The van der Waals surface area contributed by atoms with Crippen LogP contribution in [0.3, 0.4) is 0 Å². The third-order valence-electron chi connectivity index (χ3n) is 5.92. The van der Waals surface area contributed by atoms with Crippen molar-refractivity contribution in [3.8, 4) is 11.6 Å². The zero-order valence-electron chi connectivity index (χ0n) is 18.0. The number of pyridine rings is 1. The third-order valence-corrected chi connectivity index (χ3v) is 5.92. The number of benzene rings is 1. The highest BCUT2D eigenvalue weighted by atomic mass is 19.1. The number of ether oxygens (including phenoxy) is 1. The summed E-state index contributed by atoms with van der Waals surface area (Å²) in [6.45, 7) is 5.27. The van der Waals surface area contributed by atoms with E-state index in [4.69, 9.17) is 4.74 Å². The molecular formula is C23H25F3N4O2. The molecule has 32 heavy (non-hydrogen) atoms. The maximum Gasteiger partial charge on any atom is 0.280 e. The number of fused-ring (bicyclic) bond motifs is 1. The lowest BCUT2D eigenvalue weighted by Crippen LogP contribution is -2.44. The van der Waals surface area contributed by atoms with Crippen molar-refractivity contribution in [1.29, 1.82) is 0 Å². The van der Waals surface area contributed by atoms with Crippen LogP contribution >= 0.6 is 0 Å². The fraction of sp³-hybridized carbons (Fsp3) is 0.435. The van der Waals surface area contributed by atoms with Crippen LogP contribution in [0.4, 0.5) is 13.2 Å². The number of rotatable bonds is 6. The van der Waals surface area contributed by atoms with E-state index in [-0.39, 0.29) is 34.7 Å². The molecule has 9 heteroatoms. The van der Waals surface area contributed by atoms with Gasteiger partial charge in [0, 0.05) is 31.3 Å². The van der Waals surface area contributed by atoms with Crippen LogP contribution in [0.2, 0.25) is 0 Å². The monoisotopic (exact) mass is 445 g/mol. The van der Waals surface area contributed by atoms with E-state index < -0.39 is 18.3 Å². The van der Waals surface area contributed by atoms with Crippen molar-refractivity contribution in [2.45, 2.75) is 39.3 Å². The Labute approximate surface area is 183 Å². The second-order valence-corrected chi connectivity index (χ2v) is 8.28. The molecule has 2 atom stereocenters. The van der Waals surface area contributed by atoms with Crippen LogP contribution in [-0.2, 0) is 6.54 Å². The van der Waals surface area contributed by atoms with Crippen molar-refractivity contribution in [2.24, 2.45) is 5.92 Å². The van der Waals surface area contributed by atoms with Crippen LogP contribution in [-0.4, -0.2) is 45.2 Å². The summed E-state index contributed by atoms with van der Waals surface area (Å²) >= 11 is 0. The van der Waals surface area contributed by atoms with Gasteiger partial charge in [-0.1, -0.05) is 0 Å². The predicted octanol–water partition coefficient (Wildman–Crippen LogP) is 4.24. The van der Waals surface area contributed by atoms with E-state index >= 15 is 0 Å². The topological polar surface area (TPSA) is 60.3 Å². The molecule has 2 aromatic heterocycles. The van der Waals surface area contributed by atoms with Crippen molar-refractivity contribution in [3.63, 3.8) is 0 Å². The van der Waals surface area contributed by atoms with Crippen molar-refractivity contribution in [2.75, 3.05) is 19.8 Å². The van der Waals surface area contributed by atoms with Gasteiger partial charge in [-0.25, -0.2) is 23.1 Å². The average Bonchev–Trinajstić information content (AvgIpc) is 2.78. The zero-order chi connectivity index (χ0) is 22.8. The number of hydrogen-bond acceptors (Lipinski definition) is 5. The molecule has 6 nitrogen and oxygen atoms in total. The van der Waals surface area contributed by atoms with Crippen LogP contribution in [0, 0.1) is 24.5 Å². The molecule has 0 aliphatic carbocycles. The quantitative estimate of drug-likeness (QED) is 0.568. The maximum atomic E-state index is 13.9. The summed E-state index contributed by atoms with van der Waals surface area (Å²) in [5, 5.41) is 0. The van der Waals surface area contributed by atoms with Gasteiger partial charge in [0.05, 0.1) is 5.52 Å². The minimum atomic E-state index is -0.865. The molecule has 1 unspecified atom stereocenters. The SMILES string of the molecule is Cc1nc2ccc(Oc3ccc(F)cc3F)nc2c(=O)n1C[C@H]1CCCN(C(C)C[18F])C1. The predicted molar refractivity (Wildman–Crippen MR) is 115 cm³/mol. The first kappa shape index (κ1) is 22.3. The molecule has 1 aromatic carbocycles. The molecule has 1 saturated heterocycles. The van der Waals surface area contributed by atoms with Crippen LogP contribution in [0.1, 0.15) is 25.6 Å². The average molecular weight is 445 g/mol. The molecule has 0 N–H and O–H groups in total. The van der Waals surface area contributed by atoms with E-state index in [2.05, 4.69) is 14.9 Å².